The molecule has 0 saturated carbocycles. The van der Waals surface area contributed by atoms with E-state index in [0.29, 0.717) is 6.54 Å². The topological polar surface area (TPSA) is 56.1 Å². The molecule has 1 aromatic rings. The van der Waals surface area contributed by atoms with Crippen molar-refractivity contribution in [3.8, 4) is 6.07 Å². The zero-order valence-corrected chi connectivity index (χ0v) is 11.2. The molecule has 4 heteroatoms. The molecule has 0 radical (unpaired) electrons. The molecule has 4 nitrogen and oxygen atoms in total. The second kappa shape index (κ2) is 6.35. The van der Waals surface area contributed by atoms with Gasteiger partial charge in [-0.3, -0.25) is 9.69 Å². The lowest BCUT2D eigenvalue weighted by atomic mass is 9.99. The lowest BCUT2D eigenvalue weighted by Gasteiger charge is -2.28. The Kier molecular flexibility index (Phi) is 4.53. The standard InChI is InChI=1S/C15H19N3O/c1-12-3-2-4-14(9-12)17-15(19)11-18-7-5-13(10-16)6-8-18/h2-4,9,13H,5-8,11H2,1H3,(H,17,19). The van der Waals surface area contributed by atoms with Crippen LogP contribution in [0.2, 0.25) is 0 Å². The van der Waals surface area contributed by atoms with E-state index in [4.69, 9.17) is 5.26 Å². The number of nitriles is 1. The van der Waals surface area contributed by atoms with Gasteiger partial charge in [0.1, 0.15) is 0 Å². The molecule has 1 aliphatic heterocycles. The second-order valence-electron chi connectivity index (χ2n) is 5.10. The van der Waals surface area contributed by atoms with E-state index in [1.807, 2.05) is 31.2 Å². The first-order chi connectivity index (χ1) is 9.17. The summed E-state index contributed by atoms with van der Waals surface area (Å²) >= 11 is 0. The number of carbonyl (C=O) groups excluding carboxylic acids is 1. The number of piperidine rings is 1. The highest BCUT2D eigenvalue weighted by molar-refractivity contribution is 5.92. The van der Waals surface area contributed by atoms with E-state index in [9.17, 15) is 4.79 Å². The van der Waals surface area contributed by atoms with E-state index in [-0.39, 0.29) is 11.8 Å². The molecule has 0 aromatic heterocycles. The Morgan fingerprint density at radius 1 is 1.47 bits per heavy atom. The maximum absolute atomic E-state index is 11.9. The minimum atomic E-state index is 0.0148. The number of nitrogens with one attached hydrogen (secondary N) is 1. The Morgan fingerprint density at radius 3 is 2.84 bits per heavy atom. The van der Waals surface area contributed by atoms with Crippen molar-refractivity contribution in [3.05, 3.63) is 29.8 Å². The highest BCUT2D eigenvalue weighted by Gasteiger charge is 2.20. The number of rotatable bonds is 3. The van der Waals surface area contributed by atoms with Crippen LogP contribution in [-0.2, 0) is 4.79 Å². The van der Waals surface area contributed by atoms with Gasteiger partial charge in [-0.2, -0.15) is 5.26 Å². The number of aryl methyl sites for hydroxylation is 1. The molecular weight excluding hydrogens is 238 g/mol. The number of likely N-dealkylation sites (tertiary alicyclic amines) is 1. The zero-order chi connectivity index (χ0) is 13.7. The molecule has 1 fully saturated rings. The van der Waals surface area contributed by atoms with Crippen LogP contribution in [0.5, 0.6) is 0 Å². The summed E-state index contributed by atoms with van der Waals surface area (Å²) in [6.45, 7) is 4.08. The normalized spacial score (nSPS) is 16.8. The average molecular weight is 257 g/mol. The summed E-state index contributed by atoms with van der Waals surface area (Å²) in [6, 6.07) is 10.1. The molecule has 2 rings (SSSR count). The van der Waals surface area contributed by atoms with Crippen molar-refractivity contribution >= 4 is 11.6 Å². The first-order valence-corrected chi connectivity index (χ1v) is 6.66. The van der Waals surface area contributed by atoms with Gasteiger partial charge >= 0.3 is 0 Å². The molecule has 0 bridgehead atoms. The zero-order valence-electron chi connectivity index (χ0n) is 11.2. The summed E-state index contributed by atoms with van der Waals surface area (Å²) in [5, 5.41) is 11.7. The van der Waals surface area contributed by atoms with E-state index in [0.717, 1.165) is 37.2 Å². The van der Waals surface area contributed by atoms with Gasteiger partial charge < -0.3 is 5.32 Å². The first kappa shape index (κ1) is 13.6. The first-order valence-electron chi connectivity index (χ1n) is 6.66. The molecule has 1 heterocycles. The van der Waals surface area contributed by atoms with Crippen LogP contribution in [-0.4, -0.2) is 30.4 Å². The SMILES string of the molecule is Cc1cccc(NC(=O)CN2CCC(C#N)CC2)c1. The van der Waals surface area contributed by atoms with E-state index in [1.54, 1.807) is 0 Å². The summed E-state index contributed by atoms with van der Waals surface area (Å²) in [7, 11) is 0. The molecule has 1 N–H and O–H groups in total. The second-order valence-corrected chi connectivity index (χ2v) is 5.10. The van der Waals surface area contributed by atoms with Crippen molar-refractivity contribution < 1.29 is 4.79 Å². The van der Waals surface area contributed by atoms with Crippen molar-refractivity contribution in [2.24, 2.45) is 5.92 Å². The molecule has 19 heavy (non-hydrogen) atoms. The fourth-order valence-corrected chi connectivity index (χ4v) is 2.35. The van der Waals surface area contributed by atoms with E-state index < -0.39 is 0 Å². The monoisotopic (exact) mass is 257 g/mol. The Labute approximate surface area is 114 Å². The Morgan fingerprint density at radius 2 is 2.21 bits per heavy atom. The van der Waals surface area contributed by atoms with E-state index in [2.05, 4.69) is 16.3 Å². The molecule has 0 spiro atoms. The highest BCUT2D eigenvalue weighted by atomic mass is 16.2. The summed E-state index contributed by atoms with van der Waals surface area (Å²) in [4.78, 5) is 14.0. The quantitative estimate of drug-likeness (QED) is 0.902. The van der Waals surface area contributed by atoms with Crippen molar-refractivity contribution in [1.82, 2.24) is 4.90 Å². The van der Waals surface area contributed by atoms with Gasteiger partial charge in [-0.1, -0.05) is 12.1 Å². The van der Waals surface area contributed by atoms with Crippen LogP contribution in [0.15, 0.2) is 24.3 Å². The molecule has 1 saturated heterocycles. The van der Waals surface area contributed by atoms with Gasteiger partial charge in [-0.05, 0) is 50.6 Å². The molecule has 0 atom stereocenters. The third kappa shape index (κ3) is 4.08. The smallest absolute Gasteiger partial charge is 0.238 e. The van der Waals surface area contributed by atoms with Gasteiger partial charge in [-0.25, -0.2) is 0 Å². The fraction of sp³-hybridized carbons (Fsp3) is 0.467. The fourth-order valence-electron chi connectivity index (χ4n) is 2.35. The van der Waals surface area contributed by atoms with Crippen molar-refractivity contribution in [2.45, 2.75) is 19.8 Å². The van der Waals surface area contributed by atoms with E-state index in [1.165, 1.54) is 0 Å². The Hall–Kier alpha value is -1.86. The van der Waals surface area contributed by atoms with Crippen LogP contribution in [0, 0.1) is 24.2 Å². The third-order valence-corrected chi connectivity index (χ3v) is 3.44. The van der Waals surface area contributed by atoms with Crippen molar-refractivity contribution in [1.29, 1.82) is 5.26 Å². The number of carbonyl (C=O) groups is 1. The Balaban J connectivity index is 1.81. The van der Waals surface area contributed by atoms with Gasteiger partial charge in [0, 0.05) is 11.6 Å². The molecule has 100 valence electrons. The van der Waals surface area contributed by atoms with Crippen LogP contribution in [0.3, 0.4) is 0 Å². The average Bonchev–Trinajstić information content (AvgIpc) is 2.39. The number of nitrogens with zero attached hydrogens (tertiary/aromatic N) is 2. The number of amides is 1. The summed E-state index contributed by atoms with van der Waals surface area (Å²) < 4.78 is 0. The molecule has 1 amide bonds. The number of hydrogen-bond donors (Lipinski definition) is 1. The molecular formula is C15H19N3O. The number of benzene rings is 1. The molecule has 0 unspecified atom stereocenters. The molecule has 0 aliphatic carbocycles. The van der Waals surface area contributed by atoms with Crippen LogP contribution in [0.1, 0.15) is 18.4 Å². The lowest BCUT2D eigenvalue weighted by Crippen LogP contribution is -2.39. The predicted molar refractivity (Wildman–Crippen MR) is 74.6 cm³/mol. The van der Waals surface area contributed by atoms with E-state index >= 15 is 0 Å². The van der Waals surface area contributed by atoms with Gasteiger partial charge in [0.15, 0.2) is 0 Å². The van der Waals surface area contributed by atoms with Crippen molar-refractivity contribution in [2.75, 3.05) is 25.0 Å². The van der Waals surface area contributed by atoms with Crippen LogP contribution in [0.4, 0.5) is 5.69 Å². The largest absolute Gasteiger partial charge is 0.325 e. The van der Waals surface area contributed by atoms with Gasteiger partial charge in [0.2, 0.25) is 5.91 Å². The maximum atomic E-state index is 11.9. The third-order valence-electron chi connectivity index (χ3n) is 3.44. The molecule has 1 aromatic carbocycles. The van der Waals surface area contributed by atoms with Crippen molar-refractivity contribution in [3.63, 3.8) is 0 Å². The summed E-state index contributed by atoms with van der Waals surface area (Å²) in [5.74, 6) is 0.178. The predicted octanol–water partition coefficient (Wildman–Crippen LogP) is 2.17. The minimum Gasteiger partial charge on any atom is -0.325 e. The molecule has 1 aliphatic rings. The van der Waals surface area contributed by atoms with Crippen LogP contribution in [0.25, 0.3) is 0 Å². The van der Waals surface area contributed by atoms with Gasteiger partial charge in [-0.15, -0.1) is 0 Å². The van der Waals surface area contributed by atoms with Crippen LogP contribution < -0.4 is 5.32 Å². The highest BCUT2D eigenvalue weighted by Crippen LogP contribution is 2.16. The van der Waals surface area contributed by atoms with Crippen LogP contribution >= 0.6 is 0 Å². The summed E-state index contributed by atoms with van der Waals surface area (Å²) in [5.41, 5.74) is 1.98. The lowest BCUT2D eigenvalue weighted by molar-refractivity contribution is -0.117. The Bertz CT molecular complexity index is 484. The number of anilines is 1. The maximum Gasteiger partial charge on any atom is 0.238 e. The van der Waals surface area contributed by atoms with Gasteiger partial charge in [0.25, 0.3) is 0 Å². The summed E-state index contributed by atoms with van der Waals surface area (Å²) in [6.07, 6.45) is 1.74. The minimum absolute atomic E-state index is 0.0148. The van der Waals surface area contributed by atoms with Gasteiger partial charge in [0.05, 0.1) is 12.6 Å². The number of hydrogen-bond acceptors (Lipinski definition) is 3.